The third-order valence-corrected chi connectivity index (χ3v) is 3.87. The van der Waals surface area contributed by atoms with Crippen molar-refractivity contribution in [1.29, 1.82) is 0 Å². The standard InChI is InChI=1S/C16H20/c1-12-8-9-13(2)15(11-12)16(4)10-6-5-7-14(16)3/h5-9,11H,10H2,1-4H3. The largest absolute Gasteiger partial charge is 0.0833 e. The molecule has 0 bridgehead atoms. The number of rotatable bonds is 1. The first kappa shape index (κ1) is 11.2. The van der Waals surface area contributed by atoms with E-state index in [9.17, 15) is 0 Å². The third kappa shape index (κ3) is 1.73. The molecule has 0 saturated heterocycles. The highest BCUT2D eigenvalue weighted by Crippen LogP contribution is 2.39. The lowest BCUT2D eigenvalue weighted by molar-refractivity contribution is 0.556. The van der Waals surface area contributed by atoms with Gasteiger partial charge in [-0.15, -0.1) is 0 Å². The van der Waals surface area contributed by atoms with E-state index in [4.69, 9.17) is 0 Å². The Morgan fingerprint density at radius 3 is 2.56 bits per heavy atom. The van der Waals surface area contributed by atoms with Gasteiger partial charge in [0.25, 0.3) is 0 Å². The second kappa shape index (κ2) is 3.93. The van der Waals surface area contributed by atoms with Crippen LogP contribution in [0.15, 0.2) is 42.0 Å². The van der Waals surface area contributed by atoms with E-state index in [1.165, 1.54) is 22.3 Å². The summed E-state index contributed by atoms with van der Waals surface area (Å²) < 4.78 is 0. The lowest BCUT2D eigenvalue weighted by Crippen LogP contribution is -2.25. The number of hydrogen-bond acceptors (Lipinski definition) is 0. The first-order chi connectivity index (χ1) is 7.54. The van der Waals surface area contributed by atoms with Gasteiger partial charge in [-0.2, -0.15) is 0 Å². The van der Waals surface area contributed by atoms with Crippen LogP contribution in [0.1, 0.15) is 37.0 Å². The van der Waals surface area contributed by atoms with E-state index < -0.39 is 0 Å². The van der Waals surface area contributed by atoms with Crippen molar-refractivity contribution in [1.82, 2.24) is 0 Å². The molecule has 1 aromatic carbocycles. The van der Waals surface area contributed by atoms with Crippen molar-refractivity contribution in [3.05, 3.63) is 58.7 Å². The van der Waals surface area contributed by atoms with E-state index in [0.29, 0.717) is 0 Å². The minimum absolute atomic E-state index is 0.185. The van der Waals surface area contributed by atoms with Crippen molar-refractivity contribution in [3.8, 4) is 0 Å². The zero-order valence-electron chi connectivity index (χ0n) is 10.7. The molecule has 1 unspecified atom stereocenters. The molecule has 1 aliphatic carbocycles. The Morgan fingerprint density at radius 2 is 1.88 bits per heavy atom. The topological polar surface area (TPSA) is 0 Å². The number of hydrogen-bond donors (Lipinski definition) is 0. The van der Waals surface area contributed by atoms with Crippen LogP contribution in [0.2, 0.25) is 0 Å². The van der Waals surface area contributed by atoms with E-state index in [0.717, 1.165) is 6.42 Å². The average molecular weight is 212 g/mol. The maximum Gasteiger partial charge on any atom is 0.0171 e. The molecule has 1 aliphatic rings. The summed E-state index contributed by atoms with van der Waals surface area (Å²) in [5, 5.41) is 0. The minimum atomic E-state index is 0.185. The average Bonchev–Trinajstić information content (AvgIpc) is 2.26. The number of benzene rings is 1. The van der Waals surface area contributed by atoms with Crippen LogP contribution in [0.3, 0.4) is 0 Å². The molecule has 84 valence electrons. The van der Waals surface area contributed by atoms with Gasteiger partial charge >= 0.3 is 0 Å². The molecule has 0 fully saturated rings. The van der Waals surface area contributed by atoms with Crippen LogP contribution in [0, 0.1) is 13.8 Å². The summed E-state index contributed by atoms with van der Waals surface area (Å²) in [6.45, 7) is 8.98. The van der Waals surface area contributed by atoms with E-state index in [1.54, 1.807) is 0 Å². The van der Waals surface area contributed by atoms with Gasteiger partial charge in [0.2, 0.25) is 0 Å². The molecule has 0 saturated carbocycles. The molecule has 2 rings (SSSR count). The quantitative estimate of drug-likeness (QED) is 0.644. The highest BCUT2D eigenvalue weighted by Gasteiger charge is 2.29. The zero-order valence-corrected chi connectivity index (χ0v) is 10.7. The maximum absolute atomic E-state index is 2.35. The van der Waals surface area contributed by atoms with Gasteiger partial charge in [-0.3, -0.25) is 0 Å². The van der Waals surface area contributed by atoms with Crippen molar-refractivity contribution in [2.75, 3.05) is 0 Å². The fraction of sp³-hybridized carbons (Fsp3) is 0.375. The summed E-state index contributed by atoms with van der Waals surface area (Å²) >= 11 is 0. The van der Waals surface area contributed by atoms with E-state index in [2.05, 4.69) is 64.1 Å². The lowest BCUT2D eigenvalue weighted by atomic mass is 9.70. The molecule has 0 aliphatic heterocycles. The highest BCUT2D eigenvalue weighted by atomic mass is 14.3. The van der Waals surface area contributed by atoms with Crippen LogP contribution >= 0.6 is 0 Å². The number of aryl methyl sites for hydroxylation is 2. The summed E-state index contributed by atoms with van der Waals surface area (Å²) in [6, 6.07) is 6.77. The molecule has 0 heteroatoms. The maximum atomic E-state index is 2.35. The third-order valence-electron chi connectivity index (χ3n) is 3.87. The molecule has 0 spiro atoms. The van der Waals surface area contributed by atoms with Gasteiger partial charge < -0.3 is 0 Å². The fourth-order valence-electron chi connectivity index (χ4n) is 2.51. The van der Waals surface area contributed by atoms with Gasteiger partial charge in [0, 0.05) is 5.41 Å². The molecule has 0 radical (unpaired) electrons. The van der Waals surface area contributed by atoms with Gasteiger partial charge in [0.15, 0.2) is 0 Å². The Kier molecular flexibility index (Phi) is 2.75. The second-order valence-electron chi connectivity index (χ2n) is 5.13. The Balaban J connectivity index is 2.55. The molecular formula is C16H20. The fourth-order valence-corrected chi connectivity index (χ4v) is 2.51. The van der Waals surface area contributed by atoms with Crippen LogP contribution in [-0.4, -0.2) is 0 Å². The molecule has 0 heterocycles. The van der Waals surface area contributed by atoms with Gasteiger partial charge in [0.05, 0.1) is 0 Å². The Labute approximate surface area is 98.7 Å². The van der Waals surface area contributed by atoms with Gasteiger partial charge in [0.1, 0.15) is 0 Å². The molecule has 0 nitrogen and oxygen atoms in total. The van der Waals surface area contributed by atoms with Gasteiger partial charge in [-0.05, 0) is 38.3 Å². The SMILES string of the molecule is CC1=CC=CCC1(C)c1cc(C)ccc1C. The van der Waals surface area contributed by atoms with Crippen LogP contribution in [0.4, 0.5) is 0 Å². The highest BCUT2D eigenvalue weighted by molar-refractivity contribution is 5.45. The van der Waals surface area contributed by atoms with Crippen molar-refractivity contribution >= 4 is 0 Å². The molecule has 1 aromatic rings. The monoisotopic (exact) mass is 212 g/mol. The van der Waals surface area contributed by atoms with Crippen molar-refractivity contribution in [3.63, 3.8) is 0 Å². The summed E-state index contributed by atoms with van der Waals surface area (Å²) in [5.74, 6) is 0. The molecular weight excluding hydrogens is 192 g/mol. The normalized spacial score (nSPS) is 24.4. The molecule has 0 N–H and O–H groups in total. The van der Waals surface area contributed by atoms with E-state index >= 15 is 0 Å². The molecule has 0 aromatic heterocycles. The van der Waals surface area contributed by atoms with Crippen molar-refractivity contribution in [2.45, 2.75) is 39.5 Å². The minimum Gasteiger partial charge on any atom is -0.0833 e. The van der Waals surface area contributed by atoms with E-state index in [-0.39, 0.29) is 5.41 Å². The Hall–Kier alpha value is -1.30. The predicted molar refractivity (Wildman–Crippen MR) is 70.8 cm³/mol. The zero-order chi connectivity index (χ0) is 11.8. The Bertz CT molecular complexity index is 463. The van der Waals surface area contributed by atoms with Crippen LogP contribution in [0.5, 0.6) is 0 Å². The molecule has 1 atom stereocenters. The van der Waals surface area contributed by atoms with Gasteiger partial charge in [-0.25, -0.2) is 0 Å². The van der Waals surface area contributed by atoms with Gasteiger partial charge in [-0.1, -0.05) is 54.5 Å². The molecule has 16 heavy (non-hydrogen) atoms. The lowest BCUT2D eigenvalue weighted by Gasteiger charge is -2.34. The predicted octanol–water partition coefficient (Wildman–Crippen LogP) is 4.47. The summed E-state index contributed by atoms with van der Waals surface area (Å²) in [5.41, 5.74) is 5.87. The smallest absolute Gasteiger partial charge is 0.0171 e. The van der Waals surface area contributed by atoms with Crippen LogP contribution in [-0.2, 0) is 5.41 Å². The summed E-state index contributed by atoms with van der Waals surface area (Å²) in [4.78, 5) is 0. The van der Waals surface area contributed by atoms with Crippen LogP contribution in [0.25, 0.3) is 0 Å². The first-order valence-electron chi connectivity index (χ1n) is 5.96. The summed E-state index contributed by atoms with van der Waals surface area (Å²) in [6.07, 6.45) is 7.79. The van der Waals surface area contributed by atoms with E-state index in [1.807, 2.05) is 0 Å². The first-order valence-corrected chi connectivity index (χ1v) is 5.96. The number of allylic oxidation sites excluding steroid dienone is 4. The molecule has 0 amide bonds. The van der Waals surface area contributed by atoms with Crippen LogP contribution < -0.4 is 0 Å². The Morgan fingerprint density at radius 1 is 1.12 bits per heavy atom. The van der Waals surface area contributed by atoms with Crippen molar-refractivity contribution < 1.29 is 0 Å². The second-order valence-corrected chi connectivity index (χ2v) is 5.13. The van der Waals surface area contributed by atoms with Crippen molar-refractivity contribution in [2.24, 2.45) is 0 Å². The summed E-state index contributed by atoms with van der Waals surface area (Å²) in [7, 11) is 0.